The highest BCUT2D eigenvalue weighted by Gasteiger charge is 2.28. The molecule has 3 N–H and O–H groups in total. The molecule has 0 amide bonds. The molecule has 11 heteroatoms. The topological polar surface area (TPSA) is 133 Å². The van der Waals surface area contributed by atoms with Crippen molar-refractivity contribution in [1.82, 2.24) is 10.2 Å². The lowest BCUT2D eigenvalue weighted by Crippen LogP contribution is -2.53. The average Bonchev–Trinajstić information content (AvgIpc) is 2.47. The number of carbonyl (C=O) groups is 2. The maximum atomic E-state index is 11.3. The predicted molar refractivity (Wildman–Crippen MR) is 89.3 cm³/mol. The van der Waals surface area contributed by atoms with Crippen molar-refractivity contribution in [2.24, 2.45) is 0 Å². The van der Waals surface area contributed by atoms with E-state index in [2.05, 4.69) is 5.32 Å². The third kappa shape index (κ3) is 5.03. The van der Waals surface area contributed by atoms with E-state index in [0.29, 0.717) is 13.1 Å². The van der Waals surface area contributed by atoms with Crippen LogP contribution in [0.3, 0.4) is 0 Å². The molecule has 0 saturated carbocycles. The van der Waals surface area contributed by atoms with Crippen molar-refractivity contribution in [2.75, 3.05) is 19.6 Å². The van der Waals surface area contributed by atoms with Crippen LogP contribution >= 0.6 is 24.8 Å². The number of rotatable bonds is 5. The van der Waals surface area contributed by atoms with Crippen LogP contribution in [0, 0.1) is 10.1 Å². The minimum Gasteiger partial charge on any atom is -0.480 e. The maximum absolute atomic E-state index is 11.3. The number of carboxylic acids is 2. The average molecular weight is 382 g/mol. The lowest BCUT2D eigenvalue weighted by molar-refractivity contribution is -0.385. The highest BCUT2D eigenvalue weighted by molar-refractivity contribution is 5.90. The summed E-state index contributed by atoms with van der Waals surface area (Å²) in [5, 5.41) is 32.1. The van der Waals surface area contributed by atoms with Gasteiger partial charge in [-0.05, 0) is 6.07 Å². The van der Waals surface area contributed by atoms with E-state index >= 15 is 0 Å². The van der Waals surface area contributed by atoms with Crippen molar-refractivity contribution >= 4 is 42.4 Å². The Labute approximate surface area is 149 Å². The molecule has 1 unspecified atom stereocenters. The SMILES string of the molecule is Cl.Cl.O=C(O)c1cccc([N+](=O)[O-])c1CN1CCNC(C(=O)O)C1. The molecule has 1 aliphatic heterocycles. The molecule has 24 heavy (non-hydrogen) atoms. The first-order chi connectivity index (χ1) is 10.4. The Morgan fingerprint density at radius 2 is 2.00 bits per heavy atom. The van der Waals surface area contributed by atoms with Gasteiger partial charge in [0.1, 0.15) is 6.04 Å². The van der Waals surface area contributed by atoms with Crippen LogP contribution in [0.5, 0.6) is 0 Å². The number of benzene rings is 1. The van der Waals surface area contributed by atoms with E-state index in [0.717, 1.165) is 0 Å². The third-order valence-electron chi connectivity index (χ3n) is 3.52. The van der Waals surface area contributed by atoms with Gasteiger partial charge in [0.2, 0.25) is 0 Å². The molecule has 1 aromatic rings. The van der Waals surface area contributed by atoms with E-state index in [1.807, 2.05) is 0 Å². The molecule has 9 nitrogen and oxygen atoms in total. The quantitative estimate of drug-likeness (QED) is 0.507. The maximum Gasteiger partial charge on any atom is 0.336 e. The number of nitrogens with zero attached hydrogens (tertiary/aromatic N) is 2. The van der Waals surface area contributed by atoms with Crippen LogP contribution in [0.4, 0.5) is 5.69 Å². The molecule has 0 bridgehead atoms. The largest absolute Gasteiger partial charge is 0.480 e. The van der Waals surface area contributed by atoms with E-state index in [9.17, 15) is 24.8 Å². The zero-order valence-corrected chi connectivity index (χ0v) is 14.0. The molecule has 134 valence electrons. The standard InChI is InChI=1S/C13H15N3O6.2ClH/c17-12(18)8-2-1-3-11(16(21)22)9(8)6-15-5-4-14-10(7-15)13(19)20;;/h1-3,10,14H,4-7H2,(H,17,18)(H,19,20);2*1H. The second kappa shape index (κ2) is 9.38. The lowest BCUT2D eigenvalue weighted by Gasteiger charge is -2.31. The number of nitro benzene ring substituents is 1. The van der Waals surface area contributed by atoms with Gasteiger partial charge in [-0.15, -0.1) is 24.8 Å². The van der Waals surface area contributed by atoms with Gasteiger partial charge >= 0.3 is 11.9 Å². The normalized spacial score (nSPS) is 17.2. The zero-order chi connectivity index (χ0) is 16.3. The van der Waals surface area contributed by atoms with Crippen LogP contribution < -0.4 is 5.32 Å². The molecule has 2 rings (SSSR count). The fraction of sp³-hybridized carbons (Fsp3) is 0.385. The van der Waals surface area contributed by atoms with Gasteiger partial charge in [-0.1, -0.05) is 6.07 Å². The van der Waals surface area contributed by atoms with E-state index in [4.69, 9.17) is 5.11 Å². The Kier molecular flexibility index (Phi) is 8.62. The molecular formula is C13H17Cl2N3O6. The summed E-state index contributed by atoms with van der Waals surface area (Å²) in [6.45, 7) is 1.07. The number of hydrogen-bond acceptors (Lipinski definition) is 6. The number of nitro groups is 1. The molecule has 0 aromatic heterocycles. The monoisotopic (exact) mass is 381 g/mol. The van der Waals surface area contributed by atoms with Gasteiger partial charge in [-0.25, -0.2) is 4.79 Å². The van der Waals surface area contributed by atoms with E-state index in [-0.39, 0.29) is 54.7 Å². The summed E-state index contributed by atoms with van der Waals surface area (Å²) in [4.78, 5) is 34.4. The van der Waals surface area contributed by atoms with Gasteiger partial charge in [0.05, 0.1) is 16.1 Å². The Bertz CT molecular complexity index is 595. The van der Waals surface area contributed by atoms with Crippen LogP contribution in [-0.2, 0) is 11.3 Å². The predicted octanol–water partition coefficient (Wildman–Crippen LogP) is 0.995. The summed E-state index contributed by atoms with van der Waals surface area (Å²) in [6.07, 6.45) is 0. The van der Waals surface area contributed by atoms with Crippen molar-refractivity contribution in [1.29, 1.82) is 0 Å². The number of hydrogen-bond donors (Lipinski definition) is 3. The molecule has 1 aromatic carbocycles. The van der Waals surface area contributed by atoms with Crippen LogP contribution in [0.2, 0.25) is 0 Å². The molecule has 1 heterocycles. The van der Waals surface area contributed by atoms with Crippen molar-refractivity contribution in [3.8, 4) is 0 Å². The molecule has 1 saturated heterocycles. The van der Waals surface area contributed by atoms with Gasteiger partial charge in [-0.3, -0.25) is 19.8 Å². The Morgan fingerprint density at radius 3 is 2.54 bits per heavy atom. The van der Waals surface area contributed by atoms with Crippen molar-refractivity contribution in [3.05, 3.63) is 39.4 Å². The molecule has 1 atom stereocenters. The Hall–Kier alpha value is -1.94. The van der Waals surface area contributed by atoms with Crippen molar-refractivity contribution < 1.29 is 24.7 Å². The number of nitrogens with one attached hydrogen (secondary N) is 1. The molecule has 1 aliphatic rings. The lowest BCUT2D eigenvalue weighted by atomic mass is 10.0. The zero-order valence-electron chi connectivity index (χ0n) is 12.4. The summed E-state index contributed by atoms with van der Waals surface area (Å²) in [6, 6.07) is 3.10. The minimum absolute atomic E-state index is 0. The van der Waals surface area contributed by atoms with Gasteiger partial charge in [0.25, 0.3) is 5.69 Å². The van der Waals surface area contributed by atoms with Crippen LogP contribution in [-0.4, -0.2) is 57.7 Å². The first-order valence-corrected chi connectivity index (χ1v) is 6.58. The number of carboxylic acid groups (broad SMARTS) is 2. The summed E-state index contributed by atoms with van der Waals surface area (Å²) in [7, 11) is 0. The number of halogens is 2. The van der Waals surface area contributed by atoms with Gasteiger partial charge in [-0.2, -0.15) is 0 Å². The molecule has 1 fully saturated rings. The smallest absolute Gasteiger partial charge is 0.336 e. The minimum atomic E-state index is -1.25. The molecular weight excluding hydrogens is 365 g/mol. The molecule has 0 spiro atoms. The fourth-order valence-corrected chi connectivity index (χ4v) is 2.46. The molecule has 0 radical (unpaired) electrons. The second-order valence-corrected chi connectivity index (χ2v) is 4.95. The fourth-order valence-electron chi connectivity index (χ4n) is 2.46. The Morgan fingerprint density at radius 1 is 1.33 bits per heavy atom. The Balaban J connectivity index is 0.00000264. The first kappa shape index (κ1) is 22.1. The summed E-state index contributed by atoms with van der Waals surface area (Å²) in [5.74, 6) is -2.26. The van der Waals surface area contributed by atoms with E-state index < -0.39 is 22.9 Å². The highest BCUT2D eigenvalue weighted by Crippen LogP contribution is 2.24. The second-order valence-electron chi connectivity index (χ2n) is 4.95. The van der Waals surface area contributed by atoms with Gasteiger partial charge in [0, 0.05) is 32.2 Å². The summed E-state index contributed by atoms with van der Waals surface area (Å²) < 4.78 is 0. The van der Waals surface area contributed by atoms with Crippen LogP contribution in [0.25, 0.3) is 0 Å². The third-order valence-corrected chi connectivity index (χ3v) is 3.52. The van der Waals surface area contributed by atoms with Crippen molar-refractivity contribution in [3.63, 3.8) is 0 Å². The van der Waals surface area contributed by atoms with Gasteiger partial charge in [0.15, 0.2) is 0 Å². The van der Waals surface area contributed by atoms with Crippen LogP contribution in [0.15, 0.2) is 18.2 Å². The number of aliphatic carboxylic acids is 1. The van der Waals surface area contributed by atoms with Crippen molar-refractivity contribution in [2.45, 2.75) is 12.6 Å². The summed E-state index contributed by atoms with van der Waals surface area (Å²) >= 11 is 0. The summed E-state index contributed by atoms with van der Waals surface area (Å²) in [5.41, 5.74) is -0.323. The van der Waals surface area contributed by atoms with E-state index in [1.165, 1.54) is 18.2 Å². The first-order valence-electron chi connectivity index (χ1n) is 6.58. The number of aromatic carboxylic acids is 1. The van der Waals surface area contributed by atoms with E-state index in [1.54, 1.807) is 4.90 Å². The molecule has 0 aliphatic carbocycles. The highest BCUT2D eigenvalue weighted by atomic mass is 35.5. The number of piperazine rings is 1. The van der Waals surface area contributed by atoms with Crippen LogP contribution in [0.1, 0.15) is 15.9 Å². The van der Waals surface area contributed by atoms with Gasteiger partial charge < -0.3 is 15.5 Å².